The highest BCUT2D eigenvalue weighted by atomic mass is 127. The first-order chi connectivity index (χ1) is 3.81. The Morgan fingerprint density at radius 3 is 2.75 bits per heavy atom. The second kappa shape index (κ2) is 6.03. The van der Waals surface area contributed by atoms with Crippen molar-refractivity contribution in [2.45, 2.75) is 30.3 Å². The molecule has 0 spiro atoms. The summed E-state index contributed by atoms with van der Waals surface area (Å²) in [5.74, 6) is 0. The molecule has 0 aromatic rings. The molecule has 0 heterocycles. The van der Waals surface area contributed by atoms with Crippen molar-refractivity contribution in [2.24, 2.45) is 0 Å². The van der Waals surface area contributed by atoms with E-state index in [0.29, 0.717) is 4.11 Å². The van der Waals surface area contributed by atoms with Crippen molar-refractivity contribution in [3.63, 3.8) is 0 Å². The van der Waals surface area contributed by atoms with Gasteiger partial charge in [-0.3, -0.25) is 0 Å². The predicted molar refractivity (Wildman–Crippen MR) is 48.4 cm³/mol. The topological polar surface area (TPSA) is 9.23 Å². The van der Waals surface area contributed by atoms with Crippen LogP contribution in [0.3, 0.4) is 0 Å². The van der Waals surface area contributed by atoms with Crippen molar-refractivity contribution >= 4 is 33.1 Å². The third kappa shape index (κ3) is 5.05. The Labute approximate surface area is 67.9 Å². The number of rotatable bonds is 4. The van der Waals surface area contributed by atoms with Crippen LogP contribution in [0.2, 0.25) is 0 Å². The van der Waals surface area contributed by atoms with Gasteiger partial charge in [0.25, 0.3) is 0 Å². The van der Waals surface area contributed by atoms with E-state index < -0.39 is 0 Å². The Bertz CT molecular complexity index is 51.7. The molecule has 3 heteroatoms. The normalized spacial score (nSPS) is 14.2. The minimum absolute atomic E-state index is 0.485. The highest BCUT2D eigenvalue weighted by molar-refractivity contribution is 14.1. The molecule has 0 saturated carbocycles. The number of hydrogen-bond donors (Lipinski definition) is 0. The van der Waals surface area contributed by atoms with Crippen LogP contribution in [0.25, 0.3) is 0 Å². The monoisotopic (exact) mass is 244 g/mol. The molecule has 1 nitrogen and oxygen atoms in total. The Balaban J connectivity index is 2.86. The summed E-state index contributed by atoms with van der Waals surface area (Å²) in [5.41, 5.74) is 0. The molecular weight excluding hydrogens is 231 g/mol. The lowest BCUT2D eigenvalue weighted by Crippen LogP contribution is -1.99. The van der Waals surface area contributed by atoms with E-state index in [2.05, 4.69) is 29.5 Å². The van der Waals surface area contributed by atoms with Gasteiger partial charge in [-0.2, -0.15) is 0 Å². The number of halogens is 1. The van der Waals surface area contributed by atoms with E-state index in [4.69, 9.17) is 4.43 Å². The van der Waals surface area contributed by atoms with Gasteiger partial charge in [-0.1, -0.05) is 42.4 Å². The molecule has 0 aliphatic carbocycles. The Morgan fingerprint density at radius 1 is 1.75 bits per heavy atom. The minimum Gasteiger partial charge on any atom is -0.416 e. The predicted octanol–water partition coefficient (Wildman–Crippen LogP) is 1.23. The molecule has 0 aromatic heterocycles. The molecule has 0 aromatic carbocycles. The quantitative estimate of drug-likeness (QED) is 0.410. The number of alkyl halides is 1. The van der Waals surface area contributed by atoms with Gasteiger partial charge in [0.2, 0.25) is 0 Å². The van der Waals surface area contributed by atoms with Gasteiger partial charge < -0.3 is 4.43 Å². The Hall–Kier alpha value is 0.907. The van der Waals surface area contributed by atoms with Crippen molar-refractivity contribution in [2.75, 3.05) is 0 Å². The van der Waals surface area contributed by atoms with Gasteiger partial charge in [0, 0.05) is 0 Å². The summed E-state index contributed by atoms with van der Waals surface area (Å²) in [5, 5.41) is 0. The van der Waals surface area contributed by atoms with Crippen LogP contribution in [0.15, 0.2) is 0 Å². The molecule has 8 heavy (non-hydrogen) atoms. The van der Waals surface area contributed by atoms with Crippen LogP contribution in [0.4, 0.5) is 0 Å². The molecule has 0 amide bonds. The van der Waals surface area contributed by atoms with E-state index in [1.807, 2.05) is 0 Å². The molecule has 0 fully saturated rings. The maximum absolute atomic E-state index is 5.18. The van der Waals surface area contributed by atoms with Crippen molar-refractivity contribution in [3.05, 3.63) is 0 Å². The molecular formula is C5H13IOSi. The highest BCUT2D eigenvalue weighted by Crippen LogP contribution is 2.09. The first-order valence-electron chi connectivity index (χ1n) is 2.98. The molecule has 0 rings (SSSR count). The van der Waals surface area contributed by atoms with Gasteiger partial charge in [-0.25, -0.2) is 0 Å². The number of hydrogen-bond acceptors (Lipinski definition) is 1. The lowest BCUT2D eigenvalue weighted by Gasteiger charge is -2.04. The summed E-state index contributed by atoms with van der Waals surface area (Å²) in [6, 6.07) is 0. The van der Waals surface area contributed by atoms with Crippen LogP contribution in [-0.4, -0.2) is 14.6 Å². The third-order valence-electron chi connectivity index (χ3n) is 1.04. The minimum atomic E-state index is 0.485. The smallest absolute Gasteiger partial charge is 0.147 e. The lowest BCUT2D eigenvalue weighted by atomic mass is 10.3. The zero-order valence-corrected chi connectivity index (χ0v) is 9.64. The summed E-state index contributed by atoms with van der Waals surface area (Å²) in [6.07, 6.45) is 3.81. The molecule has 0 aliphatic heterocycles. The van der Waals surface area contributed by atoms with E-state index in [1.165, 1.54) is 19.3 Å². The zero-order chi connectivity index (χ0) is 6.41. The second-order valence-electron chi connectivity index (χ2n) is 1.79. The second-order valence-corrected chi connectivity index (χ2v) is 3.65. The fourth-order valence-electron chi connectivity index (χ4n) is 0.482. The molecule has 0 radical (unpaired) electrons. The van der Waals surface area contributed by atoms with Gasteiger partial charge in [0.05, 0.1) is 4.11 Å². The van der Waals surface area contributed by atoms with Crippen molar-refractivity contribution in [1.82, 2.24) is 0 Å². The van der Waals surface area contributed by atoms with Gasteiger partial charge in [0.15, 0.2) is 0 Å². The van der Waals surface area contributed by atoms with Crippen LogP contribution in [0, 0.1) is 0 Å². The molecule has 1 unspecified atom stereocenters. The van der Waals surface area contributed by atoms with Gasteiger partial charge >= 0.3 is 0 Å². The third-order valence-corrected chi connectivity index (χ3v) is 3.70. The van der Waals surface area contributed by atoms with E-state index in [-0.39, 0.29) is 0 Å². The van der Waals surface area contributed by atoms with Crippen molar-refractivity contribution in [3.8, 4) is 0 Å². The lowest BCUT2D eigenvalue weighted by molar-refractivity contribution is 0.315. The molecule has 0 N–H and O–H groups in total. The molecule has 0 aliphatic rings. The van der Waals surface area contributed by atoms with E-state index >= 15 is 0 Å². The maximum atomic E-state index is 5.18. The van der Waals surface area contributed by atoms with Gasteiger partial charge in [-0.05, 0) is 6.42 Å². The van der Waals surface area contributed by atoms with Crippen LogP contribution < -0.4 is 0 Å². The van der Waals surface area contributed by atoms with E-state index in [1.54, 1.807) is 0 Å². The zero-order valence-electron chi connectivity index (χ0n) is 5.48. The fraction of sp³-hybridized carbons (Fsp3) is 1.00. The molecule has 1 atom stereocenters. The van der Waals surface area contributed by atoms with Crippen LogP contribution in [-0.2, 0) is 4.43 Å². The Morgan fingerprint density at radius 2 is 2.38 bits per heavy atom. The molecule has 0 saturated heterocycles. The highest BCUT2D eigenvalue weighted by Gasteiger charge is 1.96. The summed E-state index contributed by atoms with van der Waals surface area (Å²) in [7, 11) is 0.882. The fourth-order valence-corrected chi connectivity index (χ4v) is 1.16. The summed E-state index contributed by atoms with van der Waals surface area (Å²) in [6.45, 7) is 2.20. The summed E-state index contributed by atoms with van der Waals surface area (Å²) < 4.78 is 5.66. The van der Waals surface area contributed by atoms with E-state index in [0.717, 1.165) is 10.5 Å². The Kier molecular flexibility index (Phi) is 6.72. The average molecular weight is 244 g/mol. The average Bonchev–Trinajstić information content (AvgIpc) is 1.83. The van der Waals surface area contributed by atoms with Crippen LogP contribution >= 0.6 is 22.6 Å². The van der Waals surface area contributed by atoms with E-state index in [9.17, 15) is 0 Å². The number of unbranched alkanes of at least 4 members (excludes halogenated alkanes) is 1. The van der Waals surface area contributed by atoms with Crippen LogP contribution in [0.5, 0.6) is 0 Å². The standard InChI is InChI=1S/C5H13IOSi/c1-2-3-4-5(6)7-8/h5H,2-4H2,1,8H3. The summed E-state index contributed by atoms with van der Waals surface area (Å²) in [4.78, 5) is 0. The molecule has 50 valence electrons. The van der Waals surface area contributed by atoms with Crippen molar-refractivity contribution < 1.29 is 4.43 Å². The largest absolute Gasteiger partial charge is 0.416 e. The first-order valence-corrected chi connectivity index (χ1v) is 5.04. The SMILES string of the molecule is CCCCC(I)O[SiH3]. The van der Waals surface area contributed by atoms with Crippen LogP contribution in [0.1, 0.15) is 26.2 Å². The van der Waals surface area contributed by atoms with Gasteiger partial charge in [0.1, 0.15) is 10.5 Å². The maximum Gasteiger partial charge on any atom is 0.147 e. The summed E-state index contributed by atoms with van der Waals surface area (Å²) >= 11 is 2.34. The van der Waals surface area contributed by atoms with Crippen molar-refractivity contribution in [1.29, 1.82) is 0 Å². The molecule has 0 bridgehead atoms. The van der Waals surface area contributed by atoms with Gasteiger partial charge in [-0.15, -0.1) is 0 Å². The first kappa shape index (κ1) is 8.91.